The Morgan fingerprint density at radius 2 is 1.93 bits per heavy atom. The highest BCUT2D eigenvalue weighted by Gasteiger charge is 2.10. The molecule has 0 aliphatic carbocycles. The molecule has 1 aromatic carbocycles. The molecule has 0 heterocycles. The average molecular weight is 228 g/mol. The molecule has 15 heavy (non-hydrogen) atoms. The van der Waals surface area contributed by atoms with E-state index in [1.165, 1.54) is 4.90 Å². The number of nitrogens with two attached hydrogens (primary N) is 2. The van der Waals surface area contributed by atoms with E-state index in [1.807, 2.05) is 0 Å². The fraction of sp³-hybridized carbons (Fsp3) is 0.300. The van der Waals surface area contributed by atoms with E-state index in [0.717, 1.165) is 5.69 Å². The van der Waals surface area contributed by atoms with Gasteiger partial charge in [0.15, 0.2) is 0 Å². The molecular formula is C10H14ClN3O. The number of urea groups is 1. The fourth-order valence-corrected chi connectivity index (χ4v) is 1.36. The molecule has 0 unspecified atom stereocenters. The molecule has 82 valence electrons. The zero-order chi connectivity index (χ0) is 11.3. The molecule has 1 aromatic rings. The van der Waals surface area contributed by atoms with Crippen LogP contribution in [0.3, 0.4) is 0 Å². The van der Waals surface area contributed by atoms with E-state index in [-0.39, 0.29) is 0 Å². The lowest BCUT2D eigenvalue weighted by Gasteiger charge is -2.20. The van der Waals surface area contributed by atoms with Gasteiger partial charge in [0, 0.05) is 17.3 Å². The number of carbonyl (C=O) groups is 1. The SMILES string of the molecule is NCCCN(C(N)=O)c1ccc(Cl)cc1. The third-order valence-corrected chi connectivity index (χ3v) is 2.24. The number of anilines is 1. The van der Waals surface area contributed by atoms with Crippen molar-refractivity contribution < 1.29 is 4.79 Å². The molecule has 5 heteroatoms. The van der Waals surface area contributed by atoms with Crippen LogP contribution >= 0.6 is 11.6 Å². The second-order valence-corrected chi connectivity index (χ2v) is 3.54. The van der Waals surface area contributed by atoms with Gasteiger partial charge in [-0.15, -0.1) is 0 Å². The molecule has 0 radical (unpaired) electrons. The first-order chi connectivity index (χ1) is 7.15. The van der Waals surface area contributed by atoms with Crippen LogP contribution in [0, 0.1) is 0 Å². The molecule has 0 aliphatic rings. The average Bonchev–Trinajstić information content (AvgIpc) is 2.21. The van der Waals surface area contributed by atoms with Gasteiger partial charge < -0.3 is 11.5 Å². The first-order valence-electron chi connectivity index (χ1n) is 4.67. The molecule has 0 fully saturated rings. The minimum atomic E-state index is -0.481. The number of rotatable bonds is 4. The van der Waals surface area contributed by atoms with Crippen LogP contribution in [0.4, 0.5) is 10.5 Å². The number of hydrogen-bond donors (Lipinski definition) is 2. The lowest BCUT2D eigenvalue weighted by molar-refractivity contribution is 0.254. The van der Waals surface area contributed by atoms with Gasteiger partial charge in [0.25, 0.3) is 0 Å². The molecular weight excluding hydrogens is 214 g/mol. The molecule has 0 aromatic heterocycles. The summed E-state index contributed by atoms with van der Waals surface area (Å²) in [5, 5.41) is 0.627. The van der Waals surface area contributed by atoms with E-state index in [4.69, 9.17) is 23.1 Å². The van der Waals surface area contributed by atoms with Crippen molar-refractivity contribution in [3.63, 3.8) is 0 Å². The number of halogens is 1. The molecule has 4 nitrogen and oxygen atoms in total. The quantitative estimate of drug-likeness (QED) is 0.820. The van der Waals surface area contributed by atoms with E-state index < -0.39 is 6.03 Å². The Hall–Kier alpha value is -1.26. The minimum Gasteiger partial charge on any atom is -0.351 e. The maximum absolute atomic E-state index is 11.2. The zero-order valence-electron chi connectivity index (χ0n) is 8.32. The highest BCUT2D eigenvalue weighted by molar-refractivity contribution is 6.30. The summed E-state index contributed by atoms with van der Waals surface area (Å²) in [7, 11) is 0. The van der Waals surface area contributed by atoms with E-state index in [2.05, 4.69) is 0 Å². The van der Waals surface area contributed by atoms with Gasteiger partial charge in [-0.2, -0.15) is 0 Å². The number of primary amides is 1. The van der Waals surface area contributed by atoms with Crippen molar-refractivity contribution in [3.8, 4) is 0 Å². The van der Waals surface area contributed by atoms with Crippen LogP contribution in [0.25, 0.3) is 0 Å². The number of nitrogens with zero attached hydrogens (tertiary/aromatic N) is 1. The fourth-order valence-electron chi connectivity index (χ4n) is 1.24. The molecule has 2 amide bonds. The Balaban J connectivity index is 2.79. The zero-order valence-corrected chi connectivity index (χ0v) is 9.07. The summed E-state index contributed by atoms with van der Waals surface area (Å²) < 4.78 is 0. The van der Waals surface area contributed by atoms with Gasteiger partial charge >= 0.3 is 6.03 Å². The predicted molar refractivity (Wildman–Crippen MR) is 62.1 cm³/mol. The number of hydrogen-bond acceptors (Lipinski definition) is 2. The van der Waals surface area contributed by atoms with Gasteiger partial charge in [-0.1, -0.05) is 11.6 Å². The summed E-state index contributed by atoms with van der Waals surface area (Å²) in [5.41, 5.74) is 11.4. The summed E-state index contributed by atoms with van der Waals surface area (Å²) in [6, 6.07) is 6.46. The smallest absolute Gasteiger partial charge is 0.319 e. The van der Waals surface area contributed by atoms with E-state index >= 15 is 0 Å². The van der Waals surface area contributed by atoms with Gasteiger partial charge in [-0.05, 0) is 37.2 Å². The Morgan fingerprint density at radius 3 is 2.40 bits per heavy atom. The summed E-state index contributed by atoms with van der Waals surface area (Å²) in [4.78, 5) is 12.6. The van der Waals surface area contributed by atoms with Gasteiger partial charge in [-0.25, -0.2) is 4.79 Å². The largest absolute Gasteiger partial charge is 0.351 e. The lowest BCUT2D eigenvalue weighted by atomic mass is 10.3. The van der Waals surface area contributed by atoms with E-state index in [0.29, 0.717) is 24.5 Å². The standard InChI is InChI=1S/C10H14ClN3O/c11-8-2-4-9(5-3-8)14(10(13)15)7-1-6-12/h2-5H,1,6-7,12H2,(H2,13,15). The van der Waals surface area contributed by atoms with Crippen LogP contribution in [0.1, 0.15) is 6.42 Å². The van der Waals surface area contributed by atoms with Crippen LogP contribution in [0.15, 0.2) is 24.3 Å². The van der Waals surface area contributed by atoms with Crippen molar-refractivity contribution in [2.75, 3.05) is 18.0 Å². The first-order valence-corrected chi connectivity index (χ1v) is 5.05. The van der Waals surface area contributed by atoms with Crippen molar-refractivity contribution >= 4 is 23.3 Å². The van der Waals surface area contributed by atoms with Crippen LogP contribution in [-0.4, -0.2) is 19.1 Å². The second-order valence-electron chi connectivity index (χ2n) is 3.11. The summed E-state index contributed by atoms with van der Waals surface area (Å²) in [5.74, 6) is 0. The van der Waals surface area contributed by atoms with Gasteiger partial charge in [-0.3, -0.25) is 4.90 Å². The first kappa shape index (κ1) is 11.8. The van der Waals surface area contributed by atoms with Gasteiger partial charge in [0.05, 0.1) is 0 Å². The van der Waals surface area contributed by atoms with Crippen LogP contribution in [0.5, 0.6) is 0 Å². The molecule has 0 saturated carbocycles. The monoisotopic (exact) mass is 227 g/mol. The molecule has 0 spiro atoms. The van der Waals surface area contributed by atoms with Gasteiger partial charge in [0.1, 0.15) is 0 Å². The third kappa shape index (κ3) is 3.42. The van der Waals surface area contributed by atoms with E-state index in [1.54, 1.807) is 24.3 Å². The molecule has 0 bridgehead atoms. The maximum atomic E-state index is 11.2. The Bertz CT molecular complexity index is 326. The Labute approximate surface area is 93.8 Å². The highest BCUT2D eigenvalue weighted by atomic mass is 35.5. The highest BCUT2D eigenvalue weighted by Crippen LogP contribution is 2.17. The molecule has 4 N–H and O–H groups in total. The summed E-state index contributed by atoms with van der Waals surface area (Å²) >= 11 is 5.75. The van der Waals surface area contributed by atoms with Crippen molar-refractivity contribution in [1.29, 1.82) is 0 Å². The maximum Gasteiger partial charge on any atom is 0.319 e. The minimum absolute atomic E-state index is 0.481. The van der Waals surface area contributed by atoms with E-state index in [9.17, 15) is 4.79 Å². The van der Waals surface area contributed by atoms with Crippen molar-refractivity contribution in [2.45, 2.75) is 6.42 Å². The van der Waals surface area contributed by atoms with Crippen LogP contribution < -0.4 is 16.4 Å². The Morgan fingerprint density at radius 1 is 1.33 bits per heavy atom. The Kier molecular flexibility index (Phi) is 4.39. The van der Waals surface area contributed by atoms with Crippen molar-refractivity contribution in [1.82, 2.24) is 0 Å². The summed E-state index contributed by atoms with van der Waals surface area (Å²) in [6.45, 7) is 1.05. The number of carbonyl (C=O) groups excluding carboxylic acids is 1. The number of amides is 2. The second kappa shape index (κ2) is 5.58. The van der Waals surface area contributed by atoms with Crippen molar-refractivity contribution in [2.24, 2.45) is 11.5 Å². The third-order valence-electron chi connectivity index (χ3n) is 1.99. The molecule has 1 rings (SSSR count). The summed E-state index contributed by atoms with van der Waals surface area (Å²) in [6.07, 6.45) is 0.714. The topological polar surface area (TPSA) is 72.3 Å². The molecule has 0 aliphatic heterocycles. The lowest BCUT2D eigenvalue weighted by Crippen LogP contribution is -2.37. The van der Waals surface area contributed by atoms with Crippen LogP contribution in [0.2, 0.25) is 5.02 Å². The molecule has 0 saturated heterocycles. The normalized spacial score (nSPS) is 10.0. The predicted octanol–water partition coefficient (Wildman–Crippen LogP) is 1.57. The van der Waals surface area contributed by atoms with Crippen molar-refractivity contribution in [3.05, 3.63) is 29.3 Å². The van der Waals surface area contributed by atoms with Gasteiger partial charge in [0.2, 0.25) is 0 Å². The molecule has 0 atom stereocenters. The van der Waals surface area contributed by atoms with Crippen LogP contribution in [-0.2, 0) is 0 Å². The number of benzene rings is 1.